The first-order chi connectivity index (χ1) is 14.9. The molecule has 0 fully saturated rings. The molecule has 2 aromatic carbocycles. The zero-order valence-corrected chi connectivity index (χ0v) is 17.8. The zero-order valence-electron chi connectivity index (χ0n) is 17.8. The van der Waals surface area contributed by atoms with E-state index in [1.807, 2.05) is 31.2 Å². The molecule has 0 saturated heterocycles. The van der Waals surface area contributed by atoms with Crippen LogP contribution >= 0.6 is 0 Å². The number of ketones is 1. The van der Waals surface area contributed by atoms with Crippen molar-refractivity contribution in [3.8, 4) is 11.5 Å². The molecule has 2 unspecified atom stereocenters. The molecule has 6 nitrogen and oxygen atoms in total. The summed E-state index contributed by atoms with van der Waals surface area (Å²) in [6.07, 6.45) is 1.02. The smallest absolute Gasteiger partial charge is 0.336 e. The molecular formula is C25H25NO5. The number of carbonyl (C=O) groups excluding carboxylic acids is 2. The Morgan fingerprint density at radius 2 is 1.65 bits per heavy atom. The van der Waals surface area contributed by atoms with E-state index in [-0.39, 0.29) is 17.5 Å². The predicted molar refractivity (Wildman–Crippen MR) is 116 cm³/mol. The molecule has 0 aromatic heterocycles. The van der Waals surface area contributed by atoms with Gasteiger partial charge in [0.1, 0.15) is 11.5 Å². The minimum Gasteiger partial charge on any atom is -0.508 e. The monoisotopic (exact) mass is 419 g/mol. The summed E-state index contributed by atoms with van der Waals surface area (Å²) in [5.41, 5.74) is 4.36. The molecule has 0 bridgehead atoms. The summed E-state index contributed by atoms with van der Waals surface area (Å²) in [5.74, 6) is -0.0651. The van der Waals surface area contributed by atoms with Crippen LogP contribution in [-0.2, 0) is 14.3 Å². The van der Waals surface area contributed by atoms with Gasteiger partial charge in [-0.25, -0.2) is 4.79 Å². The number of Topliss-reactive ketones (excluding diaryl/α,β-unsaturated/α-hetero) is 1. The van der Waals surface area contributed by atoms with Crippen LogP contribution in [0.15, 0.2) is 71.1 Å². The number of methoxy groups -OCH3 is 2. The molecule has 1 aliphatic carbocycles. The number of dihydropyridines is 1. The van der Waals surface area contributed by atoms with Crippen LogP contribution in [0.4, 0.5) is 0 Å². The molecule has 1 heterocycles. The van der Waals surface area contributed by atoms with Crippen LogP contribution in [0.2, 0.25) is 0 Å². The van der Waals surface area contributed by atoms with Gasteiger partial charge in [0.05, 0.1) is 19.8 Å². The number of esters is 1. The molecule has 1 aliphatic heterocycles. The Morgan fingerprint density at radius 3 is 2.26 bits per heavy atom. The number of carbonyl (C=O) groups is 2. The van der Waals surface area contributed by atoms with Gasteiger partial charge in [0, 0.05) is 29.3 Å². The molecule has 2 aromatic rings. The van der Waals surface area contributed by atoms with Gasteiger partial charge in [-0.15, -0.1) is 0 Å². The maximum atomic E-state index is 13.4. The molecular weight excluding hydrogens is 394 g/mol. The van der Waals surface area contributed by atoms with Crippen molar-refractivity contribution in [1.29, 1.82) is 0 Å². The molecule has 2 aliphatic rings. The van der Waals surface area contributed by atoms with Crippen molar-refractivity contribution in [2.24, 2.45) is 0 Å². The van der Waals surface area contributed by atoms with Gasteiger partial charge >= 0.3 is 5.97 Å². The summed E-state index contributed by atoms with van der Waals surface area (Å²) < 4.78 is 10.3. The second-order valence-electron chi connectivity index (χ2n) is 7.87. The van der Waals surface area contributed by atoms with Crippen molar-refractivity contribution in [2.75, 3.05) is 14.2 Å². The number of hydrogen-bond acceptors (Lipinski definition) is 6. The summed E-state index contributed by atoms with van der Waals surface area (Å²) in [7, 11) is 2.96. The van der Waals surface area contributed by atoms with Crippen molar-refractivity contribution < 1.29 is 24.2 Å². The summed E-state index contributed by atoms with van der Waals surface area (Å²) in [6.45, 7) is 1.82. The van der Waals surface area contributed by atoms with E-state index in [4.69, 9.17) is 9.47 Å². The fourth-order valence-electron chi connectivity index (χ4n) is 4.53. The van der Waals surface area contributed by atoms with Crippen molar-refractivity contribution in [3.63, 3.8) is 0 Å². The quantitative estimate of drug-likeness (QED) is 0.731. The highest BCUT2D eigenvalue weighted by Gasteiger charge is 2.41. The van der Waals surface area contributed by atoms with E-state index in [2.05, 4.69) is 5.32 Å². The standard InChI is InChI=1S/C25H25NO5/c1-14-22(25(29)31-3)23(16-4-8-18(27)9-5-16)24-20(26-14)12-17(13-21(24)28)15-6-10-19(30-2)11-7-15/h4-11,17,23,26-27H,12-13H2,1-3H3. The van der Waals surface area contributed by atoms with Crippen molar-refractivity contribution in [1.82, 2.24) is 5.32 Å². The van der Waals surface area contributed by atoms with Gasteiger partial charge in [-0.2, -0.15) is 0 Å². The second kappa shape index (κ2) is 8.30. The number of ether oxygens (including phenoxy) is 2. The fourth-order valence-corrected chi connectivity index (χ4v) is 4.53. The number of benzene rings is 2. The lowest BCUT2D eigenvalue weighted by Crippen LogP contribution is -2.36. The lowest BCUT2D eigenvalue weighted by Gasteiger charge is -2.36. The number of hydrogen-bond donors (Lipinski definition) is 2. The normalized spacial score (nSPS) is 20.8. The Hall–Kier alpha value is -3.54. The van der Waals surface area contributed by atoms with E-state index in [0.717, 1.165) is 22.6 Å². The molecule has 2 atom stereocenters. The lowest BCUT2D eigenvalue weighted by atomic mass is 9.71. The molecule has 0 saturated carbocycles. The Morgan fingerprint density at radius 1 is 1.00 bits per heavy atom. The molecule has 0 radical (unpaired) electrons. The van der Waals surface area contributed by atoms with E-state index >= 15 is 0 Å². The molecule has 31 heavy (non-hydrogen) atoms. The SMILES string of the molecule is COC(=O)C1=C(C)NC2=C(C(=O)CC(c3ccc(OC)cc3)C2)C1c1ccc(O)cc1. The molecule has 0 amide bonds. The predicted octanol–water partition coefficient (Wildman–Crippen LogP) is 3.94. The van der Waals surface area contributed by atoms with Crippen LogP contribution in [0.3, 0.4) is 0 Å². The summed E-state index contributed by atoms with van der Waals surface area (Å²) in [4.78, 5) is 26.0. The van der Waals surface area contributed by atoms with E-state index in [9.17, 15) is 14.7 Å². The summed E-state index contributed by atoms with van der Waals surface area (Å²) in [5, 5.41) is 13.0. The van der Waals surface area contributed by atoms with Gasteiger partial charge in [0.2, 0.25) is 0 Å². The first-order valence-corrected chi connectivity index (χ1v) is 10.2. The van der Waals surface area contributed by atoms with Crippen molar-refractivity contribution in [3.05, 3.63) is 82.2 Å². The van der Waals surface area contributed by atoms with Crippen molar-refractivity contribution >= 4 is 11.8 Å². The van der Waals surface area contributed by atoms with E-state index in [1.165, 1.54) is 7.11 Å². The average molecular weight is 419 g/mol. The second-order valence-corrected chi connectivity index (χ2v) is 7.87. The minimum atomic E-state index is -0.534. The molecule has 0 spiro atoms. The van der Waals surface area contributed by atoms with Gasteiger partial charge in [-0.05, 0) is 54.7 Å². The van der Waals surface area contributed by atoms with Crippen LogP contribution in [0.1, 0.15) is 42.7 Å². The van der Waals surface area contributed by atoms with E-state index < -0.39 is 11.9 Å². The highest BCUT2D eigenvalue weighted by molar-refractivity contribution is 6.04. The zero-order chi connectivity index (χ0) is 22.1. The highest BCUT2D eigenvalue weighted by Crippen LogP contribution is 2.45. The maximum absolute atomic E-state index is 13.4. The van der Waals surface area contributed by atoms with Crippen LogP contribution in [0.5, 0.6) is 11.5 Å². The Kier molecular flexibility index (Phi) is 5.55. The number of nitrogens with one attached hydrogen (secondary N) is 1. The first kappa shape index (κ1) is 20.7. The minimum absolute atomic E-state index is 0.00143. The third-order valence-corrected chi connectivity index (χ3v) is 6.05. The van der Waals surface area contributed by atoms with Gasteiger partial charge in [0.15, 0.2) is 5.78 Å². The van der Waals surface area contributed by atoms with Gasteiger partial charge < -0.3 is 19.9 Å². The Balaban J connectivity index is 1.76. The third kappa shape index (κ3) is 3.81. The molecule has 4 rings (SSSR count). The third-order valence-electron chi connectivity index (χ3n) is 6.05. The summed E-state index contributed by atoms with van der Waals surface area (Å²) >= 11 is 0. The molecule has 6 heteroatoms. The summed E-state index contributed by atoms with van der Waals surface area (Å²) in [6, 6.07) is 14.4. The highest BCUT2D eigenvalue weighted by atomic mass is 16.5. The first-order valence-electron chi connectivity index (χ1n) is 10.2. The molecule has 2 N–H and O–H groups in total. The average Bonchev–Trinajstić information content (AvgIpc) is 2.78. The fraction of sp³-hybridized carbons (Fsp3) is 0.280. The number of phenols is 1. The number of phenolic OH excluding ortho intramolecular Hbond substituents is 1. The van der Waals surface area contributed by atoms with Gasteiger partial charge in [-0.3, -0.25) is 4.79 Å². The van der Waals surface area contributed by atoms with Crippen LogP contribution in [-0.4, -0.2) is 31.1 Å². The largest absolute Gasteiger partial charge is 0.508 e. The van der Waals surface area contributed by atoms with Crippen LogP contribution < -0.4 is 10.1 Å². The lowest BCUT2D eigenvalue weighted by molar-refractivity contribution is -0.136. The van der Waals surface area contributed by atoms with Crippen LogP contribution in [0, 0.1) is 0 Å². The number of rotatable bonds is 4. The van der Waals surface area contributed by atoms with E-state index in [0.29, 0.717) is 29.7 Å². The topological polar surface area (TPSA) is 84.9 Å². The number of allylic oxidation sites excluding steroid dienone is 3. The Labute approximate surface area is 181 Å². The Bertz CT molecular complexity index is 1080. The van der Waals surface area contributed by atoms with Gasteiger partial charge in [-0.1, -0.05) is 24.3 Å². The van der Waals surface area contributed by atoms with Gasteiger partial charge in [0.25, 0.3) is 0 Å². The van der Waals surface area contributed by atoms with Crippen LogP contribution in [0.25, 0.3) is 0 Å². The number of aromatic hydroxyl groups is 1. The molecule has 160 valence electrons. The van der Waals surface area contributed by atoms with Crippen molar-refractivity contribution in [2.45, 2.75) is 31.6 Å². The maximum Gasteiger partial charge on any atom is 0.336 e. The van der Waals surface area contributed by atoms with E-state index in [1.54, 1.807) is 31.4 Å².